The lowest BCUT2D eigenvalue weighted by Gasteiger charge is -2.22. The predicted octanol–water partition coefficient (Wildman–Crippen LogP) is 3.65. The van der Waals surface area contributed by atoms with Crippen LogP contribution < -0.4 is 10.2 Å². The van der Waals surface area contributed by atoms with Crippen molar-refractivity contribution in [3.8, 4) is 0 Å². The molecule has 0 saturated carbocycles. The highest BCUT2D eigenvalue weighted by atomic mass is 19.4. The summed E-state index contributed by atoms with van der Waals surface area (Å²) in [7, 11) is 3.31. The van der Waals surface area contributed by atoms with Crippen molar-refractivity contribution in [3.63, 3.8) is 0 Å². The van der Waals surface area contributed by atoms with Crippen LogP contribution in [-0.4, -0.2) is 38.1 Å². The fourth-order valence-electron chi connectivity index (χ4n) is 1.86. The van der Waals surface area contributed by atoms with Crippen molar-refractivity contribution in [1.29, 1.82) is 0 Å². The van der Waals surface area contributed by atoms with Crippen molar-refractivity contribution in [2.45, 2.75) is 20.0 Å². The molecule has 21 heavy (non-hydrogen) atoms. The van der Waals surface area contributed by atoms with Crippen LogP contribution in [0, 0.1) is 0 Å². The molecule has 0 radical (unpaired) electrons. The van der Waals surface area contributed by atoms with Gasteiger partial charge in [-0.05, 0) is 32.0 Å². The van der Waals surface area contributed by atoms with Gasteiger partial charge in [0.15, 0.2) is 0 Å². The lowest BCUT2D eigenvalue weighted by molar-refractivity contribution is -0.136. The Morgan fingerprint density at radius 2 is 1.76 bits per heavy atom. The maximum Gasteiger partial charge on any atom is 0.418 e. The molecule has 2 amide bonds. The Labute approximate surface area is 122 Å². The predicted molar refractivity (Wildman–Crippen MR) is 77.7 cm³/mol. The third-order valence-electron chi connectivity index (χ3n) is 3.12. The van der Waals surface area contributed by atoms with Gasteiger partial charge in [-0.1, -0.05) is 0 Å². The molecule has 0 heterocycles. The first-order chi connectivity index (χ1) is 9.70. The van der Waals surface area contributed by atoms with Gasteiger partial charge in [0.25, 0.3) is 0 Å². The minimum atomic E-state index is -4.53. The molecule has 0 aliphatic carbocycles. The maximum absolute atomic E-state index is 13.1. The second kappa shape index (κ2) is 6.69. The van der Waals surface area contributed by atoms with Gasteiger partial charge >= 0.3 is 12.2 Å². The van der Waals surface area contributed by atoms with E-state index in [0.717, 1.165) is 6.07 Å². The SMILES string of the molecule is CCN(CC)C(=O)Nc1ccc(N(C)C)cc1C(F)(F)F. The molecule has 118 valence electrons. The van der Waals surface area contributed by atoms with Gasteiger partial charge < -0.3 is 15.1 Å². The number of benzene rings is 1. The molecule has 0 bridgehead atoms. The molecule has 0 unspecified atom stereocenters. The Bertz CT molecular complexity index is 497. The van der Waals surface area contributed by atoms with E-state index >= 15 is 0 Å². The highest BCUT2D eigenvalue weighted by Gasteiger charge is 2.34. The minimum Gasteiger partial charge on any atom is -0.378 e. The van der Waals surface area contributed by atoms with Gasteiger partial charge in [-0.2, -0.15) is 13.2 Å². The average molecular weight is 303 g/mol. The number of halogens is 3. The molecule has 1 N–H and O–H groups in total. The van der Waals surface area contributed by atoms with E-state index in [-0.39, 0.29) is 5.69 Å². The highest BCUT2D eigenvalue weighted by Crippen LogP contribution is 2.37. The van der Waals surface area contributed by atoms with Crippen LogP contribution in [0.5, 0.6) is 0 Å². The molecule has 1 aromatic rings. The van der Waals surface area contributed by atoms with Gasteiger partial charge in [0.1, 0.15) is 0 Å². The summed E-state index contributed by atoms with van der Waals surface area (Å²) in [5, 5.41) is 2.33. The number of hydrogen-bond donors (Lipinski definition) is 1. The molecule has 0 fully saturated rings. The molecule has 0 aliphatic heterocycles. The Morgan fingerprint density at radius 3 is 2.19 bits per heavy atom. The Balaban J connectivity index is 3.15. The van der Waals surface area contributed by atoms with Gasteiger partial charge in [0, 0.05) is 32.9 Å². The molecule has 4 nitrogen and oxygen atoms in total. The highest BCUT2D eigenvalue weighted by molar-refractivity contribution is 5.90. The van der Waals surface area contributed by atoms with Gasteiger partial charge in [-0.25, -0.2) is 4.79 Å². The number of anilines is 2. The van der Waals surface area contributed by atoms with E-state index in [2.05, 4.69) is 5.32 Å². The number of amides is 2. The van der Waals surface area contributed by atoms with Gasteiger partial charge in [0.05, 0.1) is 11.3 Å². The first-order valence-electron chi connectivity index (χ1n) is 6.65. The van der Waals surface area contributed by atoms with Crippen LogP contribution in [0.1, 0.15) is 19.4 Å². The van der Waals surface area contributed by atoms with E-state index < -0.39 is 17.8 Å². The summed E-state index contributed by atoms with van der Waals surface area (Å²) in [6.45, 7) is 4.39. The zero-order valence-electron chi connectivity index (χ0n) is 12.6. The Hall–Kier alpha value is -1.92. The number of nitrogens with zero attached hydrogens (tertiary/aromatic N) is 2. The summed E-state index contributed by atoms with van der Waals surface area (Å²) in [4.78, 5) is 14.9. The molecule has 0 atom stereocenters. The summed E-state index contributed by atoms with van der Waals surface area (Å²) in [6, 6.07) is 3.30. The summed E-state index contributed by atoms with van der Waals surface area (Å²) >= 11 is 0. The number of rotatable bonds is 4. The van der Waals surface area contributed by atoms with Crippen molar-refractivity contribution in [2.24, 2.45) is 0 Å². The van der Waals surface area contributed by atoms with Crippen molar-refractivity contribution in [3.05, 3.63) is 23.8 Å². The van der Waals surface area contributed by atoms with E-state index in [1.165, 1.54) is 17.0 Å². The van der Waals surface area contributed by atoms with Crippen molar-refractivity contribution in [1.82, 2.24) is 4.90 Å². The lowest BCUT2D eigenvalue weighted by atomic mass is 10.1. The standard InChI is InChI=1S/C14H20F3N3O/c1-5-20(6-2)13(21)18-12-8-7-10(19(3)4)9-11(12)14(15,16)17/h7-9H,5-6H2,1-4H3,(H,18,21). The Kier molecular flexibility index (Phi) is 5.46. The van der Waals surface area contributed by atoms with Crippen LogP contribution in [0.15, 0.2) is 18.2 Å². The average Bonchev–Trinajstić information content (AvgIpc) is 2.39. The lowest BCUT2D eigenvalue weighted by Crippen LogP contribution is -2.35. The molecular weight excluding hydrogens is 283 g/mol. The maximum atomic E-state index is 13.1. The summed E-state index contributed by atoms with van der Waals surface area (Å²) in [6.07, 6.45) is -4.53. The number of carbonyl (C=O) groups is 1. The first kappa shape index (κ1) is 17.1. The smallest absolute Gasteiger partial charge is 0.378 e. The van der Waals surface area contributed by atoms with Gasteiger partial charge in [-0.15, -0.1) is 0 Å². The van der Waals surface area contributed by atoms with E-state index in [9.17, 15) is 18.0 Å². The van der Waals surface area contributed by atoms with Crippen LogP contribution in [0.25, 0.3) is 0 Å². The third kappa shape index (κ3) is 4.27. The topological polar surface area (TPSA) is 35.6 Å². The fourth-order valence-corrected chi connectivity index (χ4v) is 1.86. The van der Waals surface area contributed by atoms with Crippen molar-refractivity contribution >= 4 is 17.4 Å². The monoisotopic (exact) mass is 303 g/mol. The zero-order chi connectivity index (χ0) is 16.2. The number of carbonyl (C=O) groups excluding carboxylic acids is 1. The van der Waals surface area contributed by atoms with Crippen LogP contribution in [-0.2, 0) is 6.18 Å². The van der Waals surface area contributed by atoms with Crippen LogP contribution in [0.3, 0.4) is 0 Å². The number of urea groups is 1. The molecule has 0 aromatic heterocycles. The molecule has 0 spiro atoms. The molecule has 0 aliphatic rings. The van der Waals surface area contributed by atoms with E-state index in [4.69, 9.17) is 0 Å². The number of nitrogens with one attached hydrogen (secondary N) is 1. The van der Waals surface area contributed by atoms with E-state index in [1.54, 1.807) is 32.8 Å². The summed E-state index contributed by atoms with van der Waals surface area (Å²) in [5.41, 5.74) is -0.664. The minimum absolute atomic E-state index is 0.231. The number of alkyl halides is 3. The van der Waals surface area contributed by atoms with Crippen LogP contribution in [0.4, 0.5) is 29.3 Å². The van der Waals surface area contributed by atoms with E-state index in [0.29, 0.717) is 18.8 Å². The summed E-state index contributed by atoms with van der Waals surface area (Å²) < 4.78 is 39.4. The second-order valence-electron chi connectivity index (χ2n) is 4.72. The van der Waals surface area contributed by atoms with Crippen LogP contribution >= 0.6 is 0 Å². The first-order valence-corrected chi connectivity index (χ1v) is 6.65. The van der Waals surface area contributed by atoms with E-state index in [1.807, 2.05) is 0 Å². The Morgan fingerprint density at radius 1 is 1.19 bits per heavy atom. The quantitative estimate of drug-likeness (QED) is 0.921. The molecule has 1 aromatic carbocycles. The molecule has 0 saturated heterocycles. The van der Waals surface area contributed by atoms with Crippen molar-refractivity contribution < 1.29 is 18.0 Å². The van der Waals surface area contributed by atoms with Gasteiger partial charge in [0.2, 0.25) is 0 Å². The largest absolute Gasteiger partial charge is 0.418 e. The third-order valence-corrected chi connectivity index (χ3v) is 3.12. The molecule has 7 heteroatoms. The fraction of sp³-hybridized carbons (Fsp3) is 0.500. The summed E-state index contributed by atoms with van der Waals surface area (Å²) in [5.74, 6) is 0. The van der Waals surface area contributed by atoms with Crippen LogP contribution in [0.2, 0.25) is 0 Å². The number of hydrogen-bond acceptors (Lipinski definition) is 2. The zero-order valence-corrected chi connectivity index (χ0v) is 12.6. The van der Waals surface area contributed by atoms with Gasteiger partial charge in [-0.3, -0.25) is 0 Å². The molecular formula is C14H20F3N3O. The second-order valence-corrected chi connectivity index (χ2v) is 4.72. The van der Waals surface area contributed by atoms with Crippen molar-refractivity contribution in [2.75, 3.05) is 37.4 Å². The molecule has 1 rings (SSSR count). The normalized spacial score (nSPS) is 11.2.